The van der Waals surface area contributed by atoms with Gasteiger partial charge in [0.1, 0.15) is 5.58 Å². The topological polar surface area (TPSA) is 68.5 Å². The number of ether oxygens (including phenoxy) is 1. The summed E-state index contributed by atoms with van der Waals surface area (Å²) in [7, 11) is 0. The summed E-state index contributed by atoms with van der Waals surface area (Å²) in [5.74, 6) is 0.335. The molecule has 3 rings (SSSR count). The molecule has 5 nitrogen and oxygen atoms in total. The Morgan fingerprint density at radius 3 is 2.76 bits per heavy atom. The molecule has 0 saturated heterocycles. The van der Waals surface area contributed by atoms with Gasteiger partial charge in [0.05, 0.1) is 0 Å². The van der Waals surface area contributed by atoms with Gasteiger partial charge in [-0.2, -0.15) is 0 Å². The van der Waals surface area contributed by atoms with Crippen LogP contribution in [0.3, 0.4) is 0 Å². The van der Waals surface area contributed by atoms with Crippen molar-refractivity contribution in [2.45, 2.75) is 46.1 Å². The molecule has 0 radical (unpaired) electrons. The van der Waals surface area contributed by atoms with Gasteiger partial charge >= 0.3 is 5.97 Å². The first-order valence-electron chi connectivity index (χ1n) is 8.92. The van der Waals surface area contributed by atoms with Crippen LogP contribution in [0.25, 0.3) is 11.0 Å². The quantitative estimate of drug-likeness (QED) is 0.857. The maximum Gasteiger partial charge on any atom is 0.375 e. The lowest BCUT2D eigenvalue weighted by Gasteiger charge is -2.34. The first-order valence-corrected chi connectivity index (χ1v) is 8.92. The molecule has 134 valence electrons. The van der Waals surface area contributed by atoms with E-state index < -0.39 is 5.97 Å². The Kier molecular flexibility index (Phi) is 5.11. The first kappa shape index (κ1) is 17.5. The number of para-hydroxylation sites is 1. The molecule has 1 heterocycles. The van der Waals surface area contributed by atoms with Gasteiger partial charge in [-0.25, -0.2) is 4.79 Å². The highest BCUT2D eigenvalue weighted by Gasteiger charge is 2.28. The number of hydrogen-bond acceptors (Lipinski definition) is 4. The second-order valence-electron chi connectivity index (χ2n) is 7.07. The molecule has 1 amide bonds. The van der Waals surface area contributed by atoms with Crippen molar-refractivity contribution in [2.24, 2.45) is 11.8 Å². The lowest BCUT2D eigenvalue weighted by Crippen LogP contribution is -2.45. The van der Waals surface area contributed by atoms with Crippen molar-refractivity contribution in [1.82, 2.24) is 5.32 Å². The number of hydrogen-bond donors (Lipinski definition) is 1. The predicted molar refractivity (Wildman–Crippen MR) is 95.3 cm³/mol. The molecule has 0 spiro atoms. The molecule has 1 aromatic heterocycles. The Bertz CT molecular complexity index is 779. The zero-order valence-corrected chi connectivity index (χ0v) is 15.0. The number of carbonyl (C=O) groups excluding carboxylic acids is 2. The SMILES string of the molecule is Cc1c(C(=O)OCC(=O)N[C@H]2CCC[C@@H](C)[C@@H]2C)oc2ccccc12. The first-order chi connectivity index (χ1) is 12.0. The normalized spacial score (nSPS) is 23.4. The lowest BCUT2D eigenvalue weighted by molar-refractivity contribution is -0.125. The van der Waals surface area contributed by atoms with Crippen LogP contribution in [0.2, 0.25) is 0 Å². The molecule has 1 aliphatic carbocycles. The highest BCUT2D eigenvalue weighted by molar-refractivity contribution is 5.96. The standard InChI is InChI=1S/C20H25NO4/c1-12-7-6-9-16(13(12)2)21-18(22)11-24-20(23)19-14(3)15-8-4-5-10-17(15)25-19/h4-5,8,10,12-13,16H,6-7,9,11H2,1-3H3,(H,21,22)/t12-,13+,16+/m1/s1. The number of esters is 1. The summed E-state index contributed by atoms with van der Waals surface area (Å²) in [6.07, 6.45) is 3.30. The minimum Gasteiger partial charge on any atom is -0.450 e. The van der Waals surface area contributed by atoms with E-state index in [2.05, 4.69) is 19.2 Å². The lowest BCUT2D eigenvalue weighted by atomic mass is 9.78. The van der Waals surface area contributed by atoms with Crippen molar-refractivity contribution in [1.29, 1.82) is 0 Å². The van der Waals surface area contributed by atoms with Gasteiger partial charge in [-0.1, -0.05) is 44.9 Å². The van der Waals surface area contributed by atoms with Gasteiger partial charge in [0.25, 0.3) is 5.91 Å². The molecule has 0 aliphatic heterocycles. The molecule has 3 atom stereocenters. The van der Waals surface area contributed by atoms with Crippen molar-refractivity contribution < 1.29 is 18.7 Å². The molecule has 1 fully saturated rings. The predicted octanol–water partition coefficient (Wildman–Crippen LogP) is 3.84. The number of aryl methyl sites for hydroxylation is 1. The third-order valence-corrected chi connectivity index (χ3v) is 5.42. The third-order valence-electron chi connectivity index (χ3n) is 5.42. The fourth-order valence-electron chi connectivity index (χ4n) is 3.60. The third kappa shape index (κ3) is 3.70. The number of nitrogens with one attached hydrogen (secondary N) is 1. The van der Waals surface area contributed by atoms with Crippen molar-refractivity contribution in [3.8, 4) is 0 Å². The van der Waals surface area contributed by atoms with Crippen LogP contribution in [0.1, 0.15) is 49.2 Å². The highest BCUT2D eigenvalue weighted by Crippen LogP contribution is 2.29. The van der Waals surface area contributed by atoms with Gasteiger partial charge in [-0.15, -0.1) is 0 Å². The zero-order chi connectivity index (χ0) is 18.0. The van der Waals surface area contributed by atoms with E-state index in [1.165, 1.54) is 6.42 Å². The number of furan rings is 1. The summed E-state index contributed by atoms with van der Waals surface area (Å²) < 4.78 is 10.7. The summed E-state index contributed by atoms with van der Waals surface area (Å²) in [6.45, 7) is 5.91. The largest absolute Gasteiger partial charge is 0.450 e. The number of rotatable bonds is 4. The maximum absolute atomic E-state index is 12.3. The Hall–Kier alpha value is -2.30. The number of amides is 1. The molecule has 0 bridgehead atoms. The molecule has 1 aromatic carbocycles. The minimum absolute atomic E-state index is 0.155. The van der Waals surface area contributed by atoms with E-state index in [4.69, 9.17) is 9.15 Å². The molecular formula is C20H25NO4. The molecule has 5 heteroatoms. The summed E-state index contributed by atoms with van der Waals surface area (Å²) in [5.41, 5.74) is 1.37. The number of fused-ring (bicyclic) bond motifs is 1. The monoisotopic (exact) mass is 343 g/mol. The van der Waals surface area contributed by atoms with Crippen LogP contribution in [0.4, 0.5) is 0 Å². The summed E-state index contributed by atoms with van der Waals surface area (Å²) in [6, 6.07) is 7.59. The number of carbonyl (C=O) groups is 2. The van der Waals surface area contributed by atoms with Crippen molar-refractivity contribution >= 4 is 22.8 Å². The fraction of sp³-hybridized carbons (Fsp3) is 0.500. The van der Waals surface area contributed by atoms with Gasteiger partial charge in [-0.05, 0) is 31.2 Å². The molecule has 1 N–H and O–H groups in total. The minimum atomic E-state index is -0.603. The second kappa shape index (κ2) is 7.30. The van der Waals surface area contributed by atoms with E-state index in [0.717, 1.165) is 23.8 Å². The fourth-order valence-corrected chi connectivity index (χ4v) is 3.60. The Labute approximate surface area is 147 Å². The van der Waals surface area contributed by atoms with Crippen LogP contribution >= 0.6 is 0 Å². The maximum atomic E-state index is 12.3. The highest BCUT2D eigenvalue weighted by atomic mass is 16.5. The van der Waals surface area contributed by atoms with Crippen molar-refractivity contribution in [3.05, 3.63) is 35.6 Å². The van der Waals surface area contributed by atoms with Crippen molar-refractivity contribution in [3.63, 3.8) is 0 Å². The van der Waals surface area contributed by atoms with E-state index in [-0.39, 0.29) is 24.3 Å². The summed E-state index contributed by atoms with van der Waals surface area (Å²) in [4.78, 5) is 24.4. The van der Waals surface area contributed by atoms with E-state index in [1.807, 2.05) is 25.1 Å². The molecule has 1 saturated carbocycles. The summed E-state index contributed by atoms with van der Waals surface area (Å²) in [5, 5.41) is 3.88. The van der Waals surface area contributed by atoms with E-state index >= 15 is 0 Å². The van der Waals surface area contributed by atoms with E-state index in [1.54, 1.807) is 6.07 Å². The zero-order valence-electron chi connectivity index (χ0n) is 15.0. The Morgan fingerprint density at radius 1 is 1.24 bits per heavy atom. The molecule has 25 heavy (non-hydrogen) atoms. The van der Waals surface area contributed by atoms with Gasteiger partial charge in [-0.3, -0.25) is 4.79 Å². The average Bonchev–Trinajstić information content (AvgIpc) is 2.94. The molecular weight excluding hydrogens is 318 g/mol. The molecule has 2 aromatic rings. The van der Waals surface area contributed by atoms with Crippen molar-refractivity contribution in [2.75, 3.05) is 6.61 Å². The van der Waals surface area contributed by atoms with Crippen LogP contribution in [-0.4, -0.2) is 24.5 Å². The smallest absolute Gasteiger partial charge is 0.375 e. The van der Waals surface area contributed by atoms with Crippen LogP contribution in [-0.2, 0) is 9.53 Å². The van der Waals surface area contributed by atoms with Crippen LogP contribution in [0.5, 0.6) is 0 Å². The van der Waals surface area contributed by atoms with Gasteiger partial charge in [0.2, 0.25) is 5.76 Å². The Morgan fingerprint density at radius 2 is 2.00 bits per heavy atom. The Balaban J connectivity index is 1.58. The van der Waals surface area contributed by atoms with E-state index in [0.29, 0.717) is 17.4 Å². The van der Waals surface area contributed by atoms with Crippen LogP contribution in [0.15, 0.2) is 28.7 Å². The summed E-state index contributed by atoms with van der Waals surface area (Å²) >= 11 is 0. The number of benzene rings is 1. The van der Waals surface area contributed by atoms with Crippen LogP contribution in [0, 0.1) is 18.8 Å². The van der Waals surface area contributed by atoms with Gasteiger partial charge in [0.15, 0.2) is 6.61 Å². The second-order valence-corrected chi connectivity index (χ2v) is 7.07. The van der Waals surface area contributed by atoms with Crippen LogP contribution < -0.4 is 5.32 Å². The van der Waals surface area contributed by atoms with Gasteiger partial charge < -0.3 is 14.5 Å². The van der Waals surface area contributed by atoms with E-state index in [9.17, 15) is 9.59 Å². The molecule has 0 unspecified atom stereocenters. The average molecular weight is 343 g/mol. The molecule has 1 aliphatic rings. The van der Waals surface area contributed by atoms with Gasteiger partial charge in [0, 0.05) is 17.0 Å².